The Morgan fingerprint density at radius 2 is 1.41 bits per heavy atom. The zero-order valence-corrected chi connectivity index (χ0v) is 16.7. The molecule has 0 fully saturated rings. The number of hydrogen-bond donors (Lipinski definition) is 2. The molecule has 0 saturated heterocycles. The van der Waals surface area contributed by atoms with Gasteiger partial charge in [0.05, 0.1) is 19.3 Å². The van der Waals surface area contributed by atoms with Crippen LogP contribution in [0.5, 0.6) is 0 Å². The van der Waals surface area contributed by atoms with Crippen molar-refractivity contribution >= 4 is 0 Å². The summed E-state index contributed by atoms with van der Waals surface area (Å²) < 4.78 is 46.1. The first kappa shape index (κ1) is 23.4. The van der Waals surface area contributed by atoms with Gasteiger partial charge in [-0.25, -0.2) is 8.78 Å². The number of methoxy groups -OCH3 is 1. The van der Waals surface area contributed by atoms with Crippen LogP contribution in [0.3, 0.4) is 0 Å². The zero-order valence-electron chi connectivity index (χ0n) is 16.7. The molecule has 29 heavy (non-hydrogen) atoms. The van der Waals surface area contributed by atoms with Crippen molar-refractivity contribution in [1.82, 2.24) is 0 Å². The average molecular weight is 408 g/mol. The Kier molecular flexibility index (Phi) is 9.63. The van der Waals surface area contributed by atoms with Gasteiger partial charge in [-0.3, -0.25) is 0 Å². The van der Waals surface area contributed by atoms with Crippen LogP contribution < -0.4 is 11.5 Å². The van der Waals surface area contributed by atoms with Crippen LogP contribution in [0, 0.1) is 0 Å². The first-order valence-corrected chi connectivity index (χ1v) is 9.60. The molecule has 2 rings (SSSR count). The molecule has 0 amide bonds. The minimum absolute atomic E-state index is 0.0102. The van der Waals surface area contributed by atoms with Gasteiger partial charge in [-0.1, -0.05) is 60.7 Å². The third kappa shape index (κ3) is 7.45. The highest BCUT2D eigenvalue weighted by Gasteiger charge is 2.49. The van der Waals surface area contributed by atoms with Crippen LogP contribution in [0.1, 0.15) is 11.1 Å². The van der Waals surface area contributed by atoms with E-state index in [1.165, 1.54) is 7.11 Å². The third-order valence-corrected chi connectivity index (χ3v) is 4.64. The minimum Gasteiger partial charge on any atom is -0.382 e. The predicted molar refractivity (Wildman–Crippen MR) is 109 cm³/mol. The van der Waals surface area contributed by atoms with Crippen molar-refractivity contribution in [2.24, 2.45) is 11.5 Å². The van der Waals surface area contributed by atoms with Crippen LogP contribution in [-0.4, -0.2) is 51.2 Å². The Morgan fingerprint density at radius 3 is 1.97 bits per heavy atom. The van der Waals surface area contributed by atoms with Gasteiger partial charge in [0.25, 0.3) is 5.92 Å². The van der Waals surface area contributed by atoms with Crippen molar-refractivity contribution in [1.29, 1.82) is 0 Å². The molecule has 0 bridgehead atoms. The van der Waals surface area contributed by atoms with Crippen molar-refractivity contribution in [3.05, 3.63) is 71.8 Å². The lowest BCUT2D eigenvalue weighted by molar-refractivity contribution is -0.198. The number of rotatable bonds is 13. The van der Waals surface area contributed by atoms with Gasteiger partial charge in [-0.05, 0) is 24.0 Å². The lowest BCUT2D eigenvalue weighted by Crippen LogP contribution is -2.58. The van der Waals surface area contributed by atoms with Gasteiger partial charge in [0.2, 0.25) is 0 Å². The van der Waals surface area contributed by atoms with Gasteiger partial charge in [-0.15, -0.1) is 0 Å². The molecule has 0 aliphatic carbocycles. The smallest absolute Gasteiger partial charge is 0.290 e. The Hall–Kier alpha value is -1.90. The summed E-state index contributed by atoms with van der Waals surface area (Å²) in [6, 6.07) is 15.8. The maximum Gasteiger partial charge on any atom is 0.290 e. The van der Waals surface area contributed by atoms with Crippen molar-refractivity contribution in [2.45, 2.75) is 37.0 Å². The summed E-state index contributed by atoms with van der Waals surface area (Å²) in [6.07, 6.45) is -1.35. The van der Waals surface area contributed by atoms with Crippen LogP contribution in [-0.2, 0) is 27.1 Å². The van der Waals surface area contributed by atoms with E-state index >= 15 is 8.78 Å². The second-order valence-electron chi connectivity index (χ2n) is 6.93. The molecular formula is C22H30F2N2O3. The summed E-state index contributed by atoms with van der Waals surface area (Å²) in [5, 5.41) is 0. The minimum atomic E-state index is -3.35. The summed E-state index contributed by atoms with van der Waals surface area (Å²) in [6.45, 7) is 0.261. The van der Waals surface area contributed by atoms with E-state index < -0.39 is 24.1 Å². The molecule has 0 aromatic heterocycles. The fourth-order valence-corrected chi connectivity index (χ4v) is 3.05. The van der Waals surface area contributed by atoms with E-state index in [0.29, 0.717) is 6.61 Å². The third-order valence-electron chi connectivity index (χ3n) is 4.64. The molecule has 3 atom stereocenters. The Balaban J connectivity index is 2.09. The fourth-order valence-electron chi connectivity index (χ4n) is 3.05. The monoisotopic (exact) mass is 408 g/mol. The Morgan fingerprint density at radius 1 is 0.862 bits per heavy atom. The van der Waals surface area contributed by atoms with E-state index in [0.717, 1.165) is 11.1 Å². The molecule has 1 unspecified atom stereocenters. The highest BCUT2D eigenvalue weighted by Crippen LogP contribution is 2.29. The largest absolute Gasteiger partial charge is 0.382 e. The average Bonchev–Trinajstić information content (AvgIpc) is 2.71. The number of halogens is 2. The molecule has 7 heteroatoms. The van der Waals surface area contributed by atoms with Gasteiger partial charge >= 0.3 is 0 Å². The van der Waals surface area contributed by atoms with E-state index in [1.807, 2.05) is 36.4 Å². The van der Waals surface area contributed by atoms with Crippen molar-refractivity contribution in [3.8, 4) is 0 Å². The number of hydrogen-bond acceptors (Lipinski definition) is 5. The summed E-state index contributed by atoms with van der Waals surface area (Å²) in [7, 11) is 1.53. The molecule has 2 aromatic carbocycles. The molecule has 0 radical (unpaired) electrons. The quantitative estimate of drug-likeness (QED) is 0.394. The molecule has 0 saturated carbocycles. The van der Waals surface area contributed by atoms with E-state index in [2.05, 4.69) is 0 Å². The summed E-state index contributed by atoms with van der Waals surface area (Å²) in [5.74, 6) is -3.35. The van der Waals surface area contributed by atoms with E-state index in [-0.39, 0.29) is 26.2 Å². The highest BCUT2D eigenvalue weighted by atomic mass is 19.3. The molecular weight excluding hydrogens is 378 g/mol. The molecule has 0 spiro atoms. The summed E-state index contributed by atoms with van der Waals surface area (Å²) in [5.41, 5.74) is 13.7. The Bertz CT molecular complexity index is 689. The van der Waals surface area contributed by atoms with Crippen LogP contribution in [0.25, 0.3) is 0 Å². The Labute approximate surface area is 170 Å². The van der Waals surface area contributed by atoms with E-state index in [4.69, 9.17) is 25.7 Å². The van der Waals surface area contributed by atoms with Crippen molar-refractivity contribution < 1.29 is 23.0 Å². The highest BCUT2D eigenvalue weighted by molar-refractivity contribution is 5.19. The predicted octanol–water partition coefficient (Wildman–Crippen LogP) is 2.77. The van der Waals surface area contributed by atoms with Crippen molar-refractivity contribution in [3.63, 3.8) is 0 Å². The molecule has 5 nitrogen and oxygen atoms in total. The maximum atomic E-state index is 15.3. The van der Waals surface area contributed by atoms with E-state index in [1.54, 1.807) is 24.3 Å². The van der Waals surface area contributed by atoms with Crippen LogP contribution in [0.4, 0.5) is 8.78 Å². The first-order valence-electron chi connectivity index (χ1n) is 9.60. The zero-order chi connectivity index (χ0) is 21.1. The van der Waals surface area contributed by atoms with Crippen LogP contribution >= 0.6 is 0 Å². The lowest BCUT2D eigenvalue weighted by Gasteiger charge is -2.35. The number of ether oxygens (including phenoxy) is 3. The van der Waals surface area contributed by atoms with Gasteiger partial charge < -0.3 is 25.7 Å². The second-order valence-corrected chi connectivity index (χ2v) is 6.93. The standard InChI is InChI=1S/C22H30F2N2O3/c1-27-12-13-28-16-29-21(19(25)14-17-8-4-2-5-9-17)22(23,24)20(26)15-18-10-6-3-7-11-18/h2-11,19-21H,12-16,25-26H2,1H3/t19?,20-,21+/m1/s1. The van der Waals surface area contributed by atoms with Gasteiger partial charge in [-0.2, -0.15) is 0 Å². The van der Waals surface area contributed by atoms with Gasteiger partial charge in [0.15, 0.2) is 0 Å². The molecule has 160 valence electrons. The van der Waals surface area contributed by atoms with Gasteiger partial charge in [0.1, 0.15) is 12.9 Å². The topological polar surface area (TPSA) is 79.7 Å². The summed E-state index contributed by atoms with van der Waals surface area (Å²) in [4.78, 5) is 0. The van der Waals surface area contributed by atoms with Crippen molar-refractivity contribution in [2.75, 3.05) is 27.1 Å². The number of alkyl halides is 2. The van der Waals surface area contributed by atoms with E-state index in [9.17, 15) is 0 Å². The molecule has 2 aromatic rings. The number of benzene rings is 2. The fraction of sp³-hybridized carbons (Fsp3) is 0.455. The van der Waals surface area contributed by atoms with Crippen LogP contribution in [0.15, 0.2) is 60.7 Å². The second kappa shape index (κ2) is 11.9. The SMILES string of the molecule is COCCOCO[C@@H](C(N)Cc1ccccc1)C(F)(F)[C@H](N)Cc1ccccc1. The van der Waals surface area contributed by atoms with Crippen LogP contribution in [0.2, 0.25) is 0 Å². The maximum absolute atomic E-state index is 15.3. The summed E-state index contributed by atoms with van der Waals surface area (Å²) >= 11 is 0. The normalized spacial score (nSPS) is 15.1. The van der Waals surface area contributed by atoms with Gasteiger partial charge in [0, 0.05) is 13.2 Å². The molecule has 0 aliphatic heterocycles. The molecule has 0 aliphatic rings. The number of nitrogens with two attached hydrogens (primary N) is 2. The molecule has 0 heterocycles. The lowest BCUT2D eigenvalue weighted by atomic mass is 9.91. The molecule has 4 N–H and O–H groups in total. The first-order chi connectivity index (χ1) is 13.9.